The van der Waals surface area contributed by atoms with Crippen molar-refractivity contribution in [3.8, 4) is 0 Å². The molecule has 1 heterocycles. The summed E-state index contributed by atoms with van der Waals surface area (Å²) in [6.07, 6.45) is 3.41. The van der Waals surface area contributed by atoms with Gasteiger partial charge in [-0.3, -0.25) is 4.79 Å². The molecule has 0 radical (unpaired) electrons. The lowest BCUT2D eigenvalue weighted by atomic mass is 10.0. The van der Waals surface area contributed by atoms with Crippen LogP contribution in [0.15, 0.2) is 17.1 Å². The summed E-state index contributed by atoms with van der Waals surface area (Å²) in [4.78, 5) is 28.3. The maximum Gasteiger partial charge on any atom is 0.423 e. The van der Waals surface area contributed by atoms with Crippen molar-refractivity contribution in [1.82, 2.24) is 4.90 Å². The van der Waals surface area contributed by atoms with Gasteiger partial charge in [0.05, 0.1) is 19.3 Å². The second-order valence-electron chi connectivity index (χ2n) is 5.02. The molecule has 0 aliphatic carbocycles. The van der Waals surface area contributed by atoms with Crippen LogP contribution in [-0.4, -0.2) is 41.6 Å². The van der Waals surface area contributed by atoms with Crippen LogP contribution >= 0.6 is 12.2 Å². The van der Waals surface area contributed by atoms with E-state index in [9.17, 15) is 9.59 Å². The summed E-state index contributed by atoms with van der Waals surface area (Å²) in [5.41, 5.74) is 0.00402. The Morgan fingerprint density at radius 3 is 2.68 bits per heavy atom. The summed E-state index contributed by atoms with van der Waals surface area (Å²) in [6, 6.07) is 0. The van der Waals surface area contributed by atoms with Gasteiger partial charge in [-0.15, -0.1) is 0 Å². The maximum absolute atomic E-state index is 12.1. The number of aliphatic imine (C=N–C) groups is 1. The van der Waals surface area contributed by atoms with Gasteiger partial charge in [-0.25, -0.2) is 4.79 Å². The average Bonchev–Trinajstić information content (AvgIpc) is 2.51. The maximum atomic E-state index is 12.1. The molecular formula is C15H22N2O4S. The predicted molar refractivity (Wildman–Crippen MR) is 87.7 cm³/mol. The van der Waals surface area contributed by atoms with Crippen LogP contribution in [0.3, 0.4) is 0 Å². The molecule has 1 aliphatic rings. The minimum Gasteiger partial charge on any atom is -0.477 e. The molecule has 0 aromatic rings. The third-order valence-electron chi connectivity index (χ3n) is 3.46. The number of unbranched alkanes of at least 4 members (excludes halogenated alkanes) is 1. The first-order valence-electron chi connectivity index (χ1n) is 7.33. The van der Waals surface area contributed by atoms with Crippen molar-refractivity contribution in [2.45, 2.75) is 39.5 Å². The lowest BCUT2D eigenvalue weighted by Gasteiger charge is -2.25. The van der Waals surface area contributed by atoms with E-state index >= 15 is 0 Å². The zero-order valence-electron chi connectivity index (χ0n) is 13.3. The Morgan fingerprint density at radius 2 is 2.14 bits per heavy atom. The number of carbonyl (C=O) groups excluding carboxylic acids is 2. The zero-order chi connectivity index (χ0) is 16.7. The Hall–Kier alpha value is -1.76. The Kier molecular flexibility index (Phi) is 7.17. The fourth-order valence-corrected chi connectivity index (χ4v) is 2.22. The van der Waals surface area contributed by atoms with Crippen LogP contribution in [0, 0.1) is 5.92 Å². The molecule has 1 rings (SSSR count). The highest BCUT2D eigenvalue weighted by Gasteiger charge is 2.35. The topological polar surface area (TPSA) is 68.2 Å². The van der Waals surface area contributed by atoms with Gasteiger partial charge in [0.1, 0.15) is 0 Å². The van der Waals surface area contributed by atoms with Crippen LogP contribution in [0.2, 0.25) is 0 Å². The van der Waals surface area contributed by atoms with Gasteiger partial charge < -0.3 is 9.47 Å². The number of carbonyl (C=O) groups is 2. The molecular weight excluding hydrogens is 304 g/mol. The molecule has 0 fully saturated rings. The second kappa shape index (κ2) is 8.63. The summed E-state index contributed by atoms with van der Waals surface area (Å²) in [5, 5.41) is -0.194. The van der Waals surface area contributed by atoms with Gasteiger partial charge in [0.2, 0.25) is 11.0 Å². The Morgan fingerprint density at radius 1 is 1.45 bits per heavy atom. The molecule has 122 valence electrons. The fourth-order valence-electron chi connectivity index (χ4n) is 1.98. The van der Waals surface area contributed by atoms with Crippen molar-refractivity contribution in [2.75, 3.05) is 13.7 Å². The molecule has 0 aromatic carbocycles. The number of hydrogen-bond donors (Lipinski definition) is 0. The minimum atomic E-state index is -0.881. The normalized spacial score (nSPS) is 16.4. The number of thiocarbonyl (C=S) groups is 1. The van der Waals surface area contributed by atoms with E-state index in [1.807, 2.05) is 0 Å². The molecule has 0 aromatic heterocycles. The highest BCUT2D eigenvalue weighted by atomic mass is 32.1. The Bertz CT molecular complexity index is 502. The molecule has 0 saturated carbocycles. The number of amides is 2. The number of methoxy groups -OCH3 is 1. The van der Waals surface area contributed by atoms with Crippen molar-refractivity contribution in [2.24, 2.45) is 10.9 Å². The van der Waals surface area contributed by atoms with Crippen molar-refractivity contribution < 1.29 is 19.1 Å². The molecule has 1 aliphatic heterocycles. The first-order valence-corrected chi connectivity index (χ1v) is 7.74. The smallest absolute Gasteiger partial charge is 0.423 e. The highest BCUT2D eigenvalue weighted by Crippen LogP contribution is 2.18. The Balaban J connectivity index is 2.76. The van der Waals surface area contributed by atoms with E-state index in [1.54, 1.807) is 0 Å². The summed E-state index contributed by atoms with van der Waals surface area (Å²) in [6.45, 7) is 8.31. The van der Waals surface area contributed by atoms with Crippen molar-refractivity contribution in [3.63, 3.8) is 0 Å². The van der Waals surface area contributed by atoms with Gasteiger partial charge >= 0.3 is 6.09 Å². The predicted octanol–water partition coefficient (Wildman–Crippen LogP) is 3.07. The molecule has 0 bridgehead atoms. The summed E-state index contributed by atoms with van der Waals surface area (Å²) < 4.78 is 10.1. The number of nitrogens with zero attached hydrogens (tertiary/aromatic N) is 2. The first-order chi connectivity index (χ1) is 10.5. The number of rotatable bonds is 6. The Labute approximate surface area is 136 Å². The monoisotopic (exact) mass is 326 g/mol. The van der Waals surface area contributed by atoms with E-state index in [2.05, 4.69) is 30.2 Å². The number of imide groups is 1. The van der Waals surface area contributed by atoms with Crippen molar-refractivity contribution in [1.29, 1.82) is 0 Å². The molecule has 6 nitrogen and oxygen atoms in total. The van der Waals surface area contributed by atoms with E-state index in [0.29, 0.717) is 17.4 Å². The molecule has 0 saturated heterocycles. The van der Waals surface area contributed by atoms with Gasteiger partial charge in [0.25, 0.3) is 5.91 Å². The van der Waals surface area contributed by atoms with E-state index in [1.165, 1.54) is 0 Å². The minimum absolute atomic E-state index is 0.00402. The fraction of sp³-hybridized carbons (Fsp3) is 0.600. The summed E-state index contributed by atoms with van der Waals surface area (Å²) in [7, 11) is 1.16. The second-order valence-corrected chi connectivity index (χ2v) is 5.38. The highest BCUT2D eigenvalue weighted by molar-refractivity contribution is 7.80. The first kappa shape index (κ1) is 18.3. The van der Waals surface area contributed by atoms with Crippen molar-refractivity contribution >= 4 is 35.2 Å². The van der Waals surface area contributed by atoms with Crippen LogP contribution in [0.25, 0.3) is 0 Å². The quantitative estimate of drug-likeness (QED) is 0.554. The molecule has 1 unspecified atom stereocenters. The van der Waals surface area contributed by atoms with Gasteiger partial charge in [-0.1, -0.05) is 39.7 Å². The van der Waals surface area contributed by atoms with E-state index in [4.69, 9.17) is 17.0 Å². The summed E-state index contributed by atoms with van der Waals surface area (Å²) in [5.74, 6) is -0.189. The molecule has 1 atom stereocenters. The lowest BCUT2D eigenvalue weighted by molar-refractivity contribution is -0.121. The number of hydrogen-bond acceptors (Lipinski definition) is 5. The summed E-state index contributed by atoms with van der Waals surface area (Å²) >= 11 is 4.95. The van der Waals surface area contributed by atoms with E-state index in [0.717, 1.165) is 32.8 Å². The SMILES string of the molecule is C=C1C(=O)N(C(=O)OC)C(=S)N=C1OCC(CC)CCCC. The van der Waals surface area contributed by atoms with Gasteiger partial charge in [-0.2, -0.15) is 9.89 Å². The lowest BCUT2D eigenvalue weighted by Crippen LogP contribution is -2.46. The van der Waals surface area contributed by atoms with Crippen LogP contribution < -0.4 is 0 Å². The molecule has 7 heteroatoms. The van der Waals surface area contributed by atoms with Crippen LogP contribution in [0.5, 0.6) is 0 Å². The third kappa shape index (κ3) is 4.37. The van der Waals surface area contributed by atoms with Crippen LogP contribution in [0.4, 0.5) is 4.79 Å². The molecule has 0 N–H and O–H groups in total. The molecule has 2 amide bonds. The molecule has 0 spiro atoms. The van der Waals surface area contributed by atoms with E-state index in [-0.39, 0.29) is 16.6 Å². The van der Waals surface area contributed by atoms with Crippen LogP contribution in [0.1, 0.15) is 39.5 Å². The van der Waals surface area contributed by atoms with E-state index < -0.39 is 12.0 Å². The molecule has 22 heavy (non-hydrogen) atoms. The van der Waals surface area contributed by atoms with Gasteiger partial charge in [0.15, 0.2) is 0 Å². The largest absolute Gasteiger partial charge is 0.477 e. The standard InChI is InChI=1S/C15H22N2O4S/c1-5-7-8-11(6-2)9-21-12-10(3)13(18)17(14(22)16-12)15(19)20-4/h11H,3,5-9H2,1-2,4H3. The van der Waals surface area contributed by atoms with Crippen LogP contribution in [-0.2, 0) is 14.3 Å². The van der Waals surface area contributed by atoms with Gasteiger partial charge in [0, 0.05) is 0 Å². The number of ether oxygens (including phenoxy) is 2. The zero-order valence-corrected chi connectivity index (χ0v) is 14.1. The van der Waals surface area contributed by atoms with Gasteiger partial charge in [-0.05, 0) is 24.6 Å². The third-order valence-corrected chi connectivity index (χ3v) is 3.74. The van der Waals surface area contributed by atoms with Crippen molar-refractivity contribution in [3.05, 3.63) is 12.2 Å². The average molecular weight is 326 g/mol.